The van der Waals surface area contributed by atoms with E-state index in [1.807, 2.05) is 0 Å². The maximum absolute atomic E-state index is 14.3. The summed E-state index contributed by atoms with van der Waals surface area (Å²) in [7, 11) is 1.55. The van der Waals surface area contributed by atoms with Gasteiger partial charge in [0.2, 0.25) is 0 Å². The van der Waals surface area contributed by atoms with Gasteiger partial charge in [-0.15, -0.1) is 11.3 Å². The van der Waals surface area contributed by atoms with Gasteiger partial charge < -0.3 is 19.8 Å². The highest BCUT2D eigenvalue weighted by Gasteiger charge is 2.21. The maximum atomic E-state index is 14.3. The molecule has 0 bridgehead atoms. The number of carbonyl (C=O) groups excluding carboxylic acids is 1. The third-order valence-corrected chi connectivity index (χ3v) is 5.47. The van der Waals surface area contributed by atoms with Crippen molar-refractivity contribution in [3.63, 3.8) is 0 Å². The van der Waals surface area contributed by atoms with Crippen LogP contribution in [0.4, 0.5) is 4.39 Å². The first-order chi connectivity index (χ1) is 12.7. The molecule has 3 aromatic rings. The van der Waals surface area contributed by atoms with E-state index in [4.69, 9.17) is 4.74 Å². The van der Waals surface area contributed by atoms with Crippen LogP contribution in [0.15, 0.2) is 29.9 Å². The first kappa shape index (κ1) is 17.1. The fourth-order valence-corrected chi connectivity index (χ4v) is 4.21. The molecule has 4 heterocycles. The molecule has 8 heteroatoms. The Morgan fingerprint density at radius 1 is 1.54 bits per heavy atom. The zero-order chi connectivity index (χ0) is 18.1. The number of fused-ring (bicyclic) bond motifs is 2. The third kappa shape index (κ3) is 3.23. The third-order valence-electron chi connectivity index (χ3n) is 4.48. The number of hydrogen-bond donors (Lipinski definition) is 2. The molecule has 1 atom stereocenters. The SMILES string of the molecule is COCc1cn2cc(C(=O)NCC3NCCc4sccc43)cc(F)c2n1. The number of ether oxygens (including phenoxy) is 1. The van der Waals surface area contributed by atoms with Crippen molar-refractivity contribution in [3.05, 3.63) is 57.4 Å². The van der Waals surface area contributed by atoms with E-state index in [0.717, 1.165) is 13.0 Å². The summed E-state index contributed by atoms with van der Waals surface area (Å²) in [5.74, 6) is -0.840. The molecule has 6 nitrogen and oxygen atoms in total. The summed E-state index contributed by atoms with van der Waals surface area (Å²) in [6.45, 7) is 1.64. The molecule has 1 aliphatic heterocycles. The molecule has 0 spiro atoms. The Balaban J connectivity index is 1.50. The number of rotatable bonds is 5. The molecule has 1 amide bonds. The van der Waals surface area contributed by atoms with Gasteiger partial charge in [-0.25, -0.2) is 9.37 Å². The van der Waals surface area contributed by atoms with Crippen molar-refractivity contribution < 1.29 is 13.9 Å². The van der Waals surface area contributed by atoms with Crippen LogP contribution in [0.5, 0.6) is 0 Å². The Bertz CT molecular complexity index is 952. The summed E-state index contributed by atoms with van der Waals surface area (Å²) < 4.78 is 20.8. The molecule has 0 aromatic carbocycles. The second-order valence-corrected chi connectivity index (χ2v) is 7.24. The lowest BCUT2D eigenvalue weighted by Crippen LogP contribution is -2.38. The van der Waals surface area contributed by atoms with Crippen LogP contribution in [0.25, 0.3) is 5.65 Å². The van der Waals surface area contributed by atoms with E-state index < -0.39 is 5.82 Å². The van der Waals surface area contributed by atoms with Crippen molar-refractivity contribution in [2.24, 2.45) is 0 Å². The van der Waals surface area contributed by atoms with Crippen LogP contribution in [-0.4, -0.2) is 35.5 Å². The number of halogens is 1. The van der Waals surface area contributed by atoms with Crippen LogP contribution in [0.1, 0.15) is 32.5 Å². The first-order valence-electron chi connectivity index (χ1n) is 8.39. The van der Waals surface area contributed by atoms with Crippen molar-refractivity contribution >= 4 is 22.9 Å². The number of nitrogens with zero attached hydrogens (tertiary/aromatic N) is 2. The zero-order valence-electron chi connectivity index (χ0n) is 14.3. The molecule has 1 aliphatic rings. The van der Waals surface area contributed by atoms with Crippen molar-refractivity contribution in [3.8, 4) is 0 Å². The van der Waals surface area contributed by atoms with E-state index in [2.05, 4.69) is 27.1 Å². The molecule has 1 unspecified atom stereocenters. The molecular formula is C18H19FN4O2S. The van der Waals surface area contributed by atoms with E-state index in [-0.39, 0.29) is 23.2 Å². The van der Waals surface area contributed by atoms with E-state index in [9.17, 15) is 9.18 Å². The standard InChI is InChI=1S/C18H19FN4O2S/c1-25-10-12-9-23-8-11(6-14(19)17(23)22-12)18(24)21-7-15-13-3-5-26-16(13)2-4-20-15/h3,5-6,8-9,15,20H,2,4,7,10H2,1H3,(H,21,24). The summed E-state index contributed by atoms with van der Waals surface area (Å²) in [6.07, 6.45) is 4.27. The Morgan fingerprint density at radius 2 is 2.42 bits per heavy atom. The van der Waals surface area contributed by atoms with Gasteiger partial charge in [0.1, 0.15) is 0 Å². The quantitative estimate of drug-likeness (QED) is 0.719. The maximum Gasteiger partial charge on any atom is 0.252 e. The van der Waals surface area contributed by atoms with Gasteiger partial charge in [-0.2, -0.15) is 0 Å². The molecule has 0 saturated heterocycles. The van der Waals surface area contributed by atoms with Gasteiger partial charge in [0, 0.05) is 37.5 Å². The number of nitrogens with one attached hydrogen (secondary N) is 2. The molecule has 0 saturated carbocycles. The number of aromatic nitrogens is 2. The van der Waals surface area contributed by atoms with Gasteiger partial charge in [-0.1, -0.05) is 0 Å². The normalized spacial score (nSPS) is 16.6. The predicted octanol–water partition coefficient (Wildman–Crippen LogP) is 2.30. The fraction of sp³-hybridized carbons (Fsp3) is 0.333. The summed E-state index contributed by atoms with van der Waals surface area (Å²) in [5, 5.41) is 8.39. The average Bonchev–Trinajstić information content (AvgIpc) is 3.26. The summed E-state index contributed by atoms with van der Waals surface area (Å²) >= 11 is 1.75. The Hall–Kier alpha value is -2.29. The fourth-order valence-electron chi connectivity index (χ4n) is 3.26. The molecule has 26 heavy (non-hydrogen) atoms. The molecule has 0 aliphatic carbocycles. The highest BCUT2D eigenvalue weighted by molar-refractivity contribution is 7.10. The average molecular weight is 374 g/mol. The highest BCUT2D eigenvalue weighted by atomic mass is 32.1. The number of methoxy groups -OCH3 is 1. The van der Waals surface area contributed by atoms with Crippen LogP contribution in [0, 0.1) is 5.82 Å². The van der Waals surface area contributed by atoms with Crippen LogP contribution >= 0.6 is 11.3 Å². The van der Waals surface area contributed by atoms with Crippen molar-refractivity contribution in [1.29, 1.82) is 0 Å². The van der Waals surface area contributed by atoms with Crippen molar-refractivity contribution in [2.75, 3.05) is 20.2 Å². The lowest BCUT2D eigenvalue weighted by Gasteiger charge is -2.24. The number of pyridine rings is 1. The number of imidazole rings is 1. The van der Waals surface area contributed by atoms with Gasteiger partial charge >= 0.3 is 0 Å². The monoisotopic (exact) mass is 374 g/mol. The van der Waals surface area contributed by atoms with Gasteiger partial charge in [-0.3, -0.25) is 4.79 Å². The number of hydrogen-bond acceptors (Lipinski definition) is 5. The Labute approximate surface area is 154 Å². The van der Waals surface area contributed by atoms with Crippen LogP contribution < -0.4 is 10.6 Å². The first-order valence-corrected chi connectivity index (χ1v) is 9.27. The molecule has 0 fully saturated rings. The summed E-state index contributed by atoms with van der Waals surface area (Å²) in [5.41, 5.74) is 2.30. The van der Waals surface area contributed by atoms with Crippen LogP contribution in [0.2, 0.25) is 0 Å². The number of carbonyl (C=O) groups is 1. The minimum atomic E-state index is -0.532. The molecule has 0 radical (unpaired) electrons. The summed E-state index contributed by atoms with van der Waals surface area (Å²) in [6, 6.07) is 3.40. The summed E-state index contributed by atoms with van der Waals surface area (Å²) in [4.78, 5) is 18.0. The molecule has 3 aromatic heterocycles. The molecule has 4 rings (SSSR count). The topological polar surface area (TPSA) is 67.7 Å². The predicted molar refractivity (Wildman–Crippen MR) is 97.0 cm³/mol. The number of thiophene rings is 1. The van der Waals surface area contributed by atoms with E-state index in [1.54, 1.807) is 30.8 Å². The Morgan fingerprint density at radius 3 is 3.27 bits per heavy atom. The molecule has 136 valence electrons. The largest absolute Gasteiger partial charge is 0.378 e. The van der Waals surface area contributed by atoms with Crippen molar-refractivity contribution in [2.45, 2.75) is 19.1 Å². The van der Waals surface area contributed by atoms with Gasteiger partial charge in [-0.05, 0) is 29.5 Å². The molecule has 2 N–H and O–H groups in total. The van der Waals surface area contributed by atoms with Crippen LogP contribution in [0.3, 0.4) is 0 Å². The highest BCUT2D eigenvalue weighted by Crippen LogP contribution is 2.27. The van der Waals surface area contributed by atoms with E-state index >= 15 is 0 Å². The number of amides is 1. The van der Waals surface area contributed by atoms with Gasteiger partial charge in [0.25, 0.3) is 5.91 Å². The smallest absolute Gasteiger partial charge is 0.252 e. The lowest BCUT2D eigenvalue weighted by atomic mass is 10.0. The molecular weight excluding hydrogens is 355 g/mol. The van der Waals surface area contributed by atoms with Gasteiger partial charge in [0.15, 0.2) is 11.5 Å². The second kappa shape index (κ2) is 7.14. The zero-order valence-corrected chi connectivity index (χ0v) is 15.1. The minimum Gasteiger partial charge on any atom is -0.378 e. The van der Waals surface area contributed by atoms with Gasteiger partial charge in [0.05, 0.1) is 23.9 Å². The van der Waals surface area contributed by atoms with Crippen LogP contribution in [-0.2, 0) is 17.8 Å². The van der Waals surface area contributed by atoms with Crippen molar-refractivity contribution in [1.82, 2.24) is 20.0 Å². The Kier molecular flexibility index (Phi) is 4.71. The second-order valence-electron chi connectivity index (χ2n) is 6.24. The van der Waals surface area contributed by atoms with E-state index in [0.29, 0.717) is 18.8 Å². The minimum absolute atomic E-state index is 0.0871. The van der Waals surface area contributed by atoms with E-state index in [1.165, 1.54) is 20.9 Å². The lowest BCUT2D eigenvalue weighted by molar-refractivity contribution is 0.0948.